The summed E-state index contributed by atoms with van der Waals surface area (Å²) in [7, 11) is 1.71. The second-order valence-electron chi connectivity index (χ2n) is 2.67. The second-order valence-corrected chi connectivity index (χ2v) is 6.53. The summed E-state index contributed by atoms with van der Waals surface area (Å²) >= 11 is 3.26. The lowest BCUT2D eigenvalue weighted by Gasteiger charge is -2.07. The van der Waals surface area contributed by atoms with E-state index in [1.54, 1.807) is 31.2 Å². The monoisotopic (exact) mass is 282 g/mol. The van der Waals surface area contributed by atoms with Crippen LogP contribution in [0.25, 0.3) is 0 Å². The molecule has 1 unspecified atom stereocenters. The summed E-state index contributed by atoms with van der Waals surface area (Å²) in [4.78, 5) is 0. The van der Waals surface area contributed by atoms with Crippen LogP contribution in [0.15, 0.2) is 28.7 Å². The fourth-order valence-corrected chi connectivity index (χ4v) is 1.95. The number of hydrogen-bond acceptors (Lipinski definition) is 2. The Hall–Kier alpha value is -0.0600. The zero-order valence-corrected chi connectivity index (χ0v) is 10.0. The summed E-state index contributed by atoms with van der Waals surface area (Å²) in [5.74, 6) is 0. The topological polar surface area (TPSA) is 34.1 Å². The molecule has 72 valence electrons. The molecule has 0 aromatic heterocycles. The molecule has 0 N–H and O–H groups in total. The molecule has 1 atom stereocenters. The molecule has 0 amide bonds. The fourth-order valence-electron chi connectivity index (χ4n) is 0.896. The molecule has 0 heterocycles. The predicted molar refractivity (Wildman–Crippen MR) is 57.3 cm³/mol. The standard InChI is InChI=1S/C8H8BrClO2S/c1-6(13(10,11)12)7-2-4-8(9)5-3-7/h2-6H,1H3. The first-order valence-corrected chi connectivity index (χ1v) is 6.77. The van der Waals surface area contributed by atoms with Crippen molar-refractivity contribution in [3.63, 3.8) is 0 Å². The highest BCUT2D eigenvalue weighted by atomic mass is 79.9. The van der Waals surface area contributed by atoms with Crippen LogP contribution in [0.3, 0.4) is 0 Å². The van der Waals surface area contributed by atoms with Gasteiger partial charge in [0.15, 0.2) is 0 Å². The van der Waals surface area contributed by atoms with Gasteiger partial charge in [-0.1, -0.05) is 28.1 Å². The molecule has 0 spiro atoms. The average molecular weight is 284 g/mol. The Morgan fingerprint density at radius 1 is 1.31 bits per heavy atom. The summed E-state index contributed by atoms with van der Waals surface area (Å²) in [5, 5.41) is -0.665. The summed E-state index contributed by atoms with van der Waals surface area (Å²) in [6.07, 6.45) is 0. The van der Waals surface area contributed by atoms with E-state index >= 15 is 0 Å². The lowest BCUT2D eigenvalue weighted by Crippen LogP contribution is -2.02. The number of halogens is 2. The van der Waals surface area contributed by atoms with Gasteiger partial charge in [0, 0.05) is 15.2 Å². The van der Waals surface area contributed by atoms with Crippen molar-refractivity contribution in [3.8, 4) is 0 Å². The zero-order chi connectivity index (χ0) is 10.1. The van der Waals surface area contributed by atoms with Gasteiger partial charge in [-0.25, -0.2) is 8.42 Å². The Balaban J connectivity index is 3.04. The van der Waals surface area contributed by atoms with Crippen LogP contribution in [-0.4, -0.2) is 8.42 Å². The van der Waals surface area contributed by atoms with Crippen molar-refractivity contribution in [1.29, 1.82) is 0 Å². The van der Waals surface area contributed by atoms with Crippen LogP contribution in [0.4, 0.5) is 0 Å². The molecular formula is C8H8BrClO2S. The van der Waals surface area contributed by atoms with Gasteiger partial charge in [0.05, 0.1) is 5.25 Å². The third-order valence-electron chi connectivity index (χ3n) is 1.76. The van der Waals surface area contributed by atoms with E-state index in [-0.39, 0.29) is 0 Å². The summed E-state index contributed by atoms with van der Waals surface area (Å²) < 4.78 is 22.9. The molecule has 0 aliphatic heterocycles. The molecule has 1 aromatic carbocycles. The molecule has 0 radical (unpaired) electrons. The molecule has 0 bridgehead atoms. The van der Waals surface area contributed by atoms with Crippen LogP contribution in [-0.2, 0) is 9.05 Å². The van der Waals surface area contributed by atoms with Gasteiger partial charge in [-0.3, -0.25) is 0 Å². The van der Waals surface area contributed by atoms with Gasteiger partial charge in [-0.2, -0.15) is 0 Å². The van der Waals surface area contributed by atoms with Gasteiger partial charge < -0.3 is 0 Å². The molecule has 5 heteroatoms. The van der Waals surface area contributed by atoms with E-state index in [4.69, 9.17) is 10.7 Å². The van der Waals surface area contributed by atoms with Gasteiger partial charge in [-0.05, 0) is 24.6 Å². The van der Waals surface area contributed by atoms with Gasteiger partial charge in [0.25, 0.3) is 0 Å². The number of rotatable bonds is 2. The molecule has 0 saturated heterocycles. The Morgan fingerprint density at radius 2 is 1.77 bits per heavy atom. The third-order valence-corrected chi connectivity index (χ3v) is 4.21. The maximum absolute atomic E-state index is 11.0. The quantitative estimate of drug-likeness (QED) is 0.782. The highest BCUT2D eigenvalue weighted by Crippen LogP contribution is 2.25. The molecule has 0 saturated carbocycles. The normalized spacial score (nSPS) is 14.1. The van der Waals surface area contributed by atoms with Crippen molar-refractivity contribution in [2.75, 3.05) is 0 Å². The Kier molecular flexibility index (Phi) is 3.38. The molecule has 0 fully saturated rings. The molecule has 1 rings (SSSR count). The van der Waals surface area contributed by atoms with E-state index in [1.807, 2.05) is 0 Å². The van der Waals surface area contributed by atoms with Crippen molar-refractivity contribution < 1.29 is 8.42 Å². The van der Waals surface area contributed by atoms with E-state index in [9.17, 15) is 8.42 Å². The fraction of sp³-hybridized carbons (Fsp3) is 0.250. The van der Waals surface area contributed by atoms with Gasteiger partial charge >= 0.3 is 0 Å². The lowest BCUT2D eigenvalue weighted by atomic mass is 10.2. The van der Waals surface area contributed by atoms with Crippen LogP contribution < -0.4 is 0 Å². The van der Waals surface area contributed by atoms with E-state index in [1.165, 1.54) is 0 Å². The Labute approximate surface area is 90.5 Å². The minimum absolute atomic E-state index is 0.665. The SMILES string of the molecule is CC(c1ccc(Br)cc1)S(=O)(=O)Cl. The van der Waals surface area contributed by atoms with E-state index in [0.29, 0.717) is 5.56 Å². The second kappa shape index (κ2) is 3.98. The van der Waals surface area contributed by atoms with Gasteiger partial charge in [0.1, 0.15) is 0 Å². The van der Waals surface area contributed by atoms with Crippen molar-refractivity contribution in [2.45, 2.75) is 12.2 Å². The average Bonchev–Trinajstić information content (AvgIpc) is 2.03. The predicted octanol–water partition coefficient (Wildman–Crippen LogP) is 3.08. The highest BCUT2D eigenvalue weighted by molar-refractivity contribution is 9.10. The first-order valence-electron chi connectivity index (χ1n) is 3.60. The molecule has 13 heavy (non-hydrogen) atoms. The maximum atomic E-state index is 11.0. The zero-order valence-electron chi connectivity index (χ0n) is 6.87. The Morgan fingerprint density at radius 3 is 2.15 bits per heavy atom. The van der Waals surface area contributed by atoms with E-state index < -0.39 is 14.3 Å². The van der Waals surface area contributed by atoms with Crippen LogP contribution in [0.1, 0.15) is 17.7 Å². The Bertz CT molecular complexity index is 385. The molecule has 1 aromatic rings. The molecular weight excluding hydrogens is 276 g/mol. The smallest absolute Gasteiger partial charge is 0.212 e. The largest absolute Gasteiger partial charge is 0.239 e. The van der Waals surface area contributed by atoms with Gasteiger partial charge in [-0.15, -0.1) is 0 Å². The maximum Gasteiger partial charge on any atom is 0.239 e. The van der Waals surface area contributed by atoms with Crippen molar-refractivity contribution in [2.24, 2.45) is 0 Å². The molecule has 0 aliphatic carbocycles. The van der Waals surface area contributed by atoms with Crippen LogP contribution in [0, 0.1) is 0 Å². The summed E-state index contributed by atoms with van der Waals surface area (Å²) in [6.45, 7) is 1.56. The van der Waals surface area contributed by atoms with Crippen LogP contribution in [0.5, 0.6) is 0 Å². The van der Waals surface area contributed by atoms with Crippen LogP contribution in [0.2, 0.25) is 0 Å². The minimum Gasteiger partial charge on any atom is -0.212 e. The van der Waals surface area contributed by atoms with E-state index in [2.05, 4.69) is 15.9 Å². The summed E-state index contributed by atoms with van der Waals surface area (Å²) in [5.41, 5.74) is 0.693. The number of benzene rings is 1. The third kappa shape index (κ3) is 2.97. The highest BCUT2D eigenvalue weighted by Gasteiger charge is 2.18. The van der Waals surface area contributed by atoms with Gasteiger partial charge in [0.2, 0.25) is 9.05 Å². The van der Waals surface area contributed by atoms with E-state index in [0.717, 1.165) is 4.47 Å². The minimum atomic E-state index is -3.51. The molecule has 2 nitrogen and oxygen atoms in total. The summed E-state index contributed by atoms with van der Waals surface area (Å²) in [6, 6.07) is 7.03. The number of hydrogen-bond donors (Lipinski definition) is 0. The van der Waals surface area contributed by atoms with Crippen molar-refractivity contribution in [3.05, 3.63) is 34.3 Å². The van der Waals surface area contributed by atoms with Crippen molar-refractivity contribution >= 4 is 35.7 Å². The molecule has 0 aliphatic rings. The lowest BCUT2D eigenvalue weighted by molar-refractivity contribution is 0.600. The first kappa shape index (κ1) is 11.0. The van der Waals surface area contributed by atoms with Crippen molar-refractivity contribution in [1.82, 2.24) is 0 Å². The first-order chi connectivity index (χ1) is 5.91. The van der Waals surface area contributed by atoms with Crippen LogP contribution >= 0.6 is 26.6 Å².